The lowest BCUT2D eigenvalue weighted by Gasteiger charge is -2.31. The van der Waals surface area contributed by atoms with Gasteiger partial charge in [-0.05, 0) is 37.1 Å². The van der Waals surface area contributed by atoms with Crippen LogP contribution in [0.1, 0.15) is 28.1 Å². The van der Waals surface area contributed by atoms with Gasteiger partial charge in [-0.3, -0.25) is 9.69 Å². The number of piperidine rings is 1. The molecular formula is C16H19FN4OS. The second-order valence-electron chi connectivity index (χ2n) is 5.70. The van der Waals surface area contributed by atoms with Crippen molar-refractivity contribution in [2.24, 2.45) is 0 Å². The van der Waals surface area contributed by atoms with E-state index in [-0.39, 0.29) is 17.8 Å². The van der Waals surface area contributed by atoms with Gasteiger partial charge in [0.05, 0.1) is 0 Å². The fourth-order valence-corrected chi connectivity index (χ4v) is 3.45. The Bertz CT molecular complexity index is 665. The summed E-state index contributed by atoms with van der Waals surface area (Å²) in [6, 6.07) is 5.79. The molecular weight excluding hydrogens is 315 g/mol. The van der Waals surface area contributed by atoms with Crippen molar-refractivity contribution in [2.75, 3.05) is 18.8 Å². The number of nitrogens with two attached hydrogens (primary N) is 1. The molecule has 122 valence electrons. The molecule has 1 saturated heterocycles. The highest BCUT2D eigenvalue weighted by atomic mass is 32.1. The van der Waals surface area contributed by atoms with Crippen molar-refractivity contribution in [1.29, 1.82) is 0 Å². The van der Waals surface area contributed by atoms with Gasteiger partial charge in [-0.15, -0.1) is 11.3 Å². The molecule has 0 spiro atoms. The number of carbonyl (C=O) groups is 1. The smallest absolute Gasteiger partial charge is 0.251 e. The summed E-state index contributed by atoms with van der Waals surface area (Å²) in [6.45, 7) is 2.70. The van der Waals surface area contributed by atoms with E-state index in [1.54, 1.807) is 0 Å². The van der Waals surface area contributed by atoms with E-state index in [1.807, 2.05) is 6.20 Å². The van der Waals surface area contributed by atoms with Crippen LogP contribution in [-0.4, -0.2) is 34.9 Å². The van der Waals surface area contributed by atoms with Crippen LogP contribution in [0.2, 0.25) is 0 Å². The number of benzene rings is 1. The zero-order valence-electron chi connectivity index (χ0n) is 12.7. The Labute approximate surface area is 138 Å². The van der Waals surface area contributed by atoms with Gasteiger partial charge in [-0.1, -0.05) is 0 Å². The average Bonchev–Trinajstić information content (AvgIpc) is 2.95. The molecule has 0 radical (unpaired) electrons. The van der Waals surface area contributed by atoms with Gasteiger partial charge in [0.15, 0.2) is 5.13 Å². The molecule has 0 aliphatic carbocycles. The van der Waals surface area contributed by atoms with Crippen LogP contribution in [0.15, 0.2) is 30.5 Å². The predicted octanol–water partition coefficient (Wildman–Crippen LogP) is 2.26. The first-order chi connectivity index (χ1) is 11.1. The van der Waals surface area contributed by atoms with Crippen molar-refractivity contribution in [1.82, 2.24) is 15.2 Å². The molecule has 2 heterocycles. The van der Waals surface area contributed by atoms with E-state index in [4.69, 9.17) is 5.73 Å². The monoisotopic (exact) mass is 334 g/mol. The van der Waals surface area contributed by atoms with E-state index in [2.05, 4.69) is 15.2 Å². The molecule has 0 saturated carbocycles. The summed E-state index contributed by atoms with van der Waals surface area (Å²) in [5, 5.41) is 3.62. The third kappa shape index (κ3) is 4.27. The number of nitrogens with zero attached hydrogens (tertiary/aromatic N) is 2. The predicted molar refractivity (Wildman–Crippen MR) is 88.7 cm³/mol. The number of thiazole rings is 1. The molecule has 7 heteroatoms. The maximum atomic E-state index is 12.9. The molecule has 1 aromatic carbocycles. The standard InChI is InChI=1S/C16H19FN4OS/c17-12-3-1-11(2-4-12)15(22)20-13-5-7-21(8-6-13)10-14-9-19-16(18)23-14/h1-4,9,13H,5-8,10H2,(H2,18,19)(H,20,22). The quantitative estimate of drug-likeness (QED) is 0.900. The van der Waals surface area contributed by atoms with E-state index in [0.29, 0.717) is 10.7 Å². The Balaban J connectivity index is 1.47. The highest BCUT2D eigenvalue weighted by Gasteiger charge is 2.21. The van der Waals surface area contributed by atoms with Crippen LogP contribution in [0.4, 0.5) is 9.52 Å². The van der Waals surface area contributed by atoms with Crippen LogP contribution in [0.25, 0.3) is 0 Å². The van der Waals surface area contributed by atoms with Crippen LogP contribution in [0.5, 0.6) is 0 Å². The first-order valence-corrected chi connectivity index (χ1v) is 8.41. The third-order valence-corrected chi connectivity index (χ3v) is 4.79. The lowest BCUT2D eigenvalue weighted by atomic mass is 10.0. The van der Waals surface area contributed by atoms with Crippen LogP contribution in [-0.2, 0) is 6.54 Å². The SMILES string of the molecule is Nc1ncc(CN2CCC(NC(=O)c3ccc(F)cc3)CC2)s1. The summed E-state index contributed by atoms with van der Waals surface area (Å²) in [5.74, 6) is -0.475. The maximum absolute atomic E-state index is 12.9. The second-order valence-corrected chi connectivity index (χ2v) is 6.84. The molecule has 3 N–H and O–H groups in total. The number of anilines is 1. The molecule has 2 aromatic rings. The molecule has 1 aromatic heterocycles. The summed E-state index contributed by atoms with van der Waals surface area (Å²) in [4.78, 5) is 19.7. The molecule has 1 aliphatic rings. The molecule has 0 unspecified atom stereocenters. The molecule has 23 heavy (non-hydrogen) atoms. The van der Waals surface area contributed by atoms with Crippen molar-refractivity contribution in [2.45, 2.75) is 25.4 Å². The Morgan fingerprint density at radius 2 is 2.04 bits per heavy atom. The fourth-order valence-electron chi connectivity index (χ4n) is 2.72. The molecule has 0 atom stereocenters. The minimum atomic E-state index is -0.335. The number of rotatable bonds is 4. The first-order valence-electron chi connectivity index (χ1n) is 7.59. The zero-order valence-corrected chi connectivity index (χ0v) is 13.5. The molecule has 0 bridgehead atoms. The highest BCUT2D eigenvalue weighted by Crippen LogP contribution is 2.19. The van der Waals surface area contributed by atoms with Gasteiger partial charge in [0, 0.05) is 42.3 Å². The number of likely N-dealkylation sites (tertiary alicyclic amines) is 1. The molecule has 1 fully saturated rings. The summed E-state index contributed by atoms with van der Waals surface area (Å²) >= 11 is 1.52. The van der Waals surface area contributed by atoms with Crippen LogP contribution < -0.4 is 11.1 Å². The number of amides is 1. The van der Waals surface area contributed by atoms with Crippen molar-refractivity contribution < 1.29 is 9.18 Å². The molecule has 1 aliphatic heterocycles. The minimum absolute atomic E-state index is 0.140. The summed E-state index contributed by atoms with van der Waals surface area (Å²) in [6.07, 6.45) is 3.63. The number of hydrogen-bond donors (Lipinski definition) is 2. The number of aromatic nitrogens is 1. The summed E-state index contributed by atoms with van der Waals surface area (Å²) in [7, 11) is 0. The van der Waals surface area contributed by atoms with Crippen LogP contribution in [0, 0.1) is 5.82 Å². The zero-order chi connectivity index (χ0) is 16.2. The molecule has 5 nitrogen and oxygen atoms in total. The number of carbonyl (C=O) groups excluding carboxylic acids is 1. The van der Waals surface area contributed by atoms with E-state index < -0.39 is 0 Å². The van der Waals surface area contributed by atoms with Gasteiger partial charge in [-0.2, -0.15) is 0 Å². The Morgan fingerprint density at radius 1 is 1.35 bits per heavy atom. The summed E-state index contributed by atoms with van der Waals surface area (Å²) < 4.78 is 12.9. The van der Waals surface area contributed by atoms with Crippen molar-refractivity contribution >= 4 is 22.4 Å². The van der Waals surface area contributed by atoms with Crippen molar-refractivity contribution in [3.8, 4) is 0 Å². The number of hydrogen-bond acceptors (Lipinski definition) is 5. The topological polar surface area (TPSA) is 71.2 Å². The lowest BCUT2D eigenvalue weighted by Crippen LogP contribution is -2.44. The largest absolute Gasteiger partial charge is 0.375 e. The summed E-state index contributed by atoms with van der Waals surface area (Å²) in [5.41, 5.74) is 6.14. The van der Waals surface area contributed by atoms with Crippen molar-refractivity contribution in [3.63, 3.8) is 0 Å². The van der Waals surface area contributed by atoms with Crippen molar-refractivity contribution in [3.05, 3.63) is 46.7 Å². The lowest BCUT2D eigenvalue weighted by molar-refractivity contribution is 0.0909. The Hall–Kier alpha value is -1.99. The van der Waals surface area contributed by atoms with Gasteiger partial charge in [0.2, 0.25) is 0 Å². The van der Waals surface area contributed by atoms with Gasteiger partial charge in [0.25, 0.3) is 5.91 Å². The minimum Gasteiger partial charge on any atom is -0.375 e. The van der Waals surface area contributed by atoms with E-state index >= 15 is 0 Å². The average molecular weight is 334 g/mol. The Kier molecular flexibility index (Phi) is 4.88. The second kappa shape index (κ2) is 7.06. The normalized spacial score (nSPS) is 16.4. The van der Waals surface area contributed by atoms with E-state index in [9.17, 15) is 9.18 Å². The highest BCUT2D eigenvalue weighted by molar-refractivity contribution is 7.15. The maximum Gasteiger partial charge on any atom is 0.251 e. The first kappa shape index (κ1) is 15.9. The van der Waals surface area contributed by atoms with Gasteiger partial charge >= 0.3 is 0 Å². The molecule has 1 amide bonds. The number of nitrogens with one attached hydrogen (secondary N) is 1. The Morgan fingerprint density at radius 3 is 2.65 bits per heavy atom. The van der Waals surface area contributed by atoms with Crippen LogP contribution >= 0.6 is 11.3 Å². The third-order valence-electron chi connectivity index (χ3n) is 3.98. The van der Waals surface area contributed by atoms with Gasteiger partial charge < -0.3 is 11.1 Å². The van der Waals surface area contributed by atoms with E-state index in [1.165, 1.54) is 35.6 Å². The fraction of sp³-hybridized carbons (Fsp3) is 0.375. The number of nitrogen functional groups attached to an aromatic ring is 1. The van der Waals surface area contributed by atoms with E-state index in [0.717, 1.165) is 37.4 Å². The van der Waals surface area contributed by atoms with Gasteiger partial charge in [0.1, 0.15) is 5.82 Å². The number of halogens is 1. The van der Waals surface area contributed by atoms with Crippen LogP contribution in [0.3, 0.4) is 0 Å². The van der Waals surface area contributed by atoms with Gasteiger partial charge in [-0.25, -0.2) is 9.37 Å². The molecule has 3 rings (SSSR count).